The molecule has 0 unspecified atom stereocenters. The molecule has 1 amide bonds. The maximum absolute atomic E-state index is 12.4. The zero-order chi connectivity index (χ0) is 20.5. The van der Waals surface area contributed by atoms with E-state index in [1.54, 1.807) is 7.11 Å². The van der Waals surface area contributed by atoms with Crippen LogP contribution in [0.3, 0.4) is 0 Å². The van der Waals surface area contributed by atoms with Crippen LogP contribution in [0.2, 0.25) is 0 Å². The second-order valence-corrected chi connectivity index (χ2v) is 9.02. The third-order valence-corrected chi connectivity index (χ3v) is 5.23. The second kappa shape index (κ2) is 7.86. The van der Waals surface area contributed by atoms with Gasteiger partial charge in [-0.25, -0.2) is 0 Å². The highest BCUT2D eigenvalue weighted by Gasteiger charge is 2.21. The van der Waals surface area contributed by atoms with Crippen LogP contribution in [0.15, 0.2) is 47.4 Å². The highest BCUT2D eigenvalue weighted by atomic mass is 16.5. The molecule has 1 N–H and O–H groups in total. The van der Waals surface area contributed by atoms with Crippen LogP contribution >= 0.6 is 0 Å². The smallest absolute Gasteiger partial charge is 0.224 e. The fourth-order valence-corrected chi connectivity index (χ4v) is 3.84. The molecule has 28 heavy (non-hydrogen) atoms. The van der Waals surface area contributed by atoms with E-state index < -0.39 is 0 Å². The molecule has 2 aliphatic rings. The number of hydrogen-bond donors (Lipinski definition) is 1. The molecular formula is C24H32N2O2. The fourth-order valence-electron chi connectivity index (χ4n) is 3.84. The van der Waals surface area contributed by atoms with Crippen LogP contribution in [0, 0.1) is 19.3 Å². The third kappa shape index (κ3) is 4.67. The lowest BCUT2D eigenvalue weighted by Crippen LogP contribution is -2.25. The minimum Gasteiger partial charge on any atom is -0.497 e. The van der Waals surface area contributed by atoms with Crippen molar-refractivity contribution in [1.82, 2.24) is 0 Å². The van der Waals surface area contributed by atoms with Crippen LogP contribution in [-0.4, -0.2) is 19.6 Å². The summed E-state index contributed by atoms with van der Waals surface area (Å²) in [5.74, 6) is 1.03. The van der Waals surface area contributed by atoms with Crippen molar-refractivity contribution in [2.45, 2.75) is 53.9 Å². The summed E-state index contributed by atoms with van der Waals surface area (Å²) in [5.41, 5.74) is 7.02. The van der Waals surface area contributed by atoms with Crippen LogP contribution in [0.25, 0.3) is 0 Å². The molecule has 1 aliphatic heterocycles. The van der Waals surface area contributed by atoms with Crippen LogP contribution in [0.4, 0.5) is 11.4 Å². The molecule has 4 nitrogen and oxygen atoms in total. The number of nitrogens with zero attached hydrogens (tertiary/aromatic N) is 1. The van der Waals surface area contributed by atoms with Crippen molar-refractivity contribution in [3.8, 4) is 0 Å². The average molecular weight is 381 g/mol. The quantitative estimate of drug-likeness (QED) is 0.736. The van der Waals surface area contributed by atoms with Crippen LogP contribution in [-0.2, 0) is 9.53 Å². The Hall–Kier alpha value is -2.49. The van der Waals surface area contributed by atoms with Gasteiger partial charge < -0.3 is 15.0 Å². The highest BCUT2D eigenvalue weighted by Crippen LogP contribution is 2.34. The van der Waals surface area contributed by atoms with Gasteiger partial charge in [0, 0.05) is 30.5 Å². The van der Waals surface area contributed by atoms with Gasteiger partial charge in [0.25, 0.3) is 0 Å². The third-order valence-electron chi connectivity index (χ3n) is 5.23. The van der Waals surface area contributed by atoms with E-state index in [0.29, 0.717) is 6.42 Å². The number of ether oxygens (including phenoxy) is 1. The fraction of sp³-hybridized carbons (Fsp3) is 0.458. The van der Waals surface area contributed by atoms with Crippen molar-refractivity contribution in [2.24, 2.45) is 5.41 Å². The number of aryl methyl sites for hydroxylation is 2. The van der Waals surface area contributed by atoms with Gasteiger partial charge in [0.1, 0.15) is 5.76 Å². The Morgan fingerprint density at radius 3 is 2.46 bits per heavy atom. The van der Waals surface area contributed by atoms with Gasteiger partial charge >= 0.3 is 0 Å². The van der Waals surface area contributed by atoms with Crippen molar-refractivity contribution in [1.29, 1.82) is 0 Å². The number of carbonyl (C=O) groups excluding carboxylic acids is 1. The standard InChI is InChI=1S/C24H32N2O2/c1-16-11-20(12-17(2)23(16)25-22(27)14-24(3,4)5)26-10-9-18-13-21(28-6)8-7-19(18)15-26/h8,11-13,15H,7,9-10,14H2,1-6H3,(H,25,27). The van der Waals surface area contributed by atoms with Crippen molar-refractivity contribution < 1.29 is 9.53 Å². The predicted molar refractivity (Wildman–Crippen MR) is 116 cm³/mol. The molecule has 0 radical (unpaired) electrons. The lowest BCUT2D eigenvalue weighted by Gasteiger charge is -2.31. The topological polar surface area (TPSA) is 41.6 Å². The molecule has 0 spiro atoms. The summed E-state index contributed by atoms with van der Waals surface area (Å²) in [6.07, 6.45) is 8.96. The van der Waals surface area contributed by atoms with Gasteiger partial charge in [0.05, 0.1) is 7.11 Å². The number of benzene rings is 1. The van der Waals surface area contributed by atoms with Crippen molar-refractivity contribution in [2.75, 3.05) is 23.9 Å². The van der Waals surface area contributed by atoms with E-state index in [1.807, 2.05) is 0 Å². The number of amides is 1. The van der Waals surface area contributed by atoms with Gasteiger partial charge in [-0.15, -0.1) is 0 Å². The number of nitrogens with one attached hydrogen (secondary N) is 1. The Labute approximate surface area is 169 Å². The van der Waals surface area contributed by atoms with Gasteiger partial charge in [-0.1, -0.05) is 20.8 Å². The van der Waals surface area contributed by atoms with Gasteiger partial charge in [-0.2, -0.15) is 0 Å². The molecule has 0 bridgehead atoms. The zero-order valence-electron chi connectivity index (χ0n) is 18.0. The molecule has 0 aromatic heterocycles. The molecule has 0 atom stereocenters. The number of methoxy groups -OCH3 is 1. The van der Waals surface area contributed by atoms with Gasteiger partial charge in [0.2, 0.25) is 5.91 Å². The molecule has 0 saturated carbocycles. The largest absolute Gasteiger partial charge is 0.497 e. The second-order valence-electron chi connectivity index (χ2n) is 9.02. The van der Waals surface area contributed by atoms with Crippen LogP contribution in [0.1, 0.15) is 51.2 Å². The van der Waals surface area contributed by atoms with E-state index in [2.05, 4.69) is 75.3 Å². The molecule has 3 rings (SSSR count). The van der Waals surface area contributed by atoms with E-state index in [1.165, 1.54) is 16.8 Å². The first-order valence-electron chi connectivity index (χ1n) is 10.00. The number of hydrogen-bond acceptors (Lipinski definition) is 3. The Balaban J connectivity index is 1.79. The summed E-state index contributed by atoms with van der Waals surface area (Å²) in [7, 11) is 1.72. The van der Waals surface area contributed by atoms with Gasteiger partial charge in [-0.05, 0) is 78.7 Å². The maximum atomic E-state index is 12.4. The molecule has 0 saturated heterocycles. The summed E-state index contributed by atoms with van der Waals surface area (Å²) in [6.45, 7) is 11.3. The van der Waals surface area contributed by atoms with Crippen molar-refractivity contribution in [3.63, 3.8) is 0 Å². The molecule has 4 heteroatoms. The van der Waals surface area contributed by atoms with E-state index in [-0.39, 0.29) is 11.3 Å². The molecule has 0 fully saturated rings. The zero-order valence-corrected chi connectivity index (χ0v) is 18.0. The summed E-state index contributed by atoms with van der Waals surface area (Å²) in [6, 6.07) is 4.34. The molecule has 150 valence electrons. The van der Waals surface area contributed by atoms with Crippen molar-refractivity contribution >= 4 is 17.3 Å². The van der Waals surface area contributed by atoms with E-state index in [4.69, 9.17) is 4.74 Å². The lowest BCUT2D eigenvalue weighted by molar-refractivity contribution is -0.117. The number of rotatable bonds is 4. The van der Waals surface area contributed by atoms with Crippen molar-refractivity contribution in [3.05, 3.63) is 58.5 Å². The SMILES string of the molecule is COC1=CCC2=CN(c3cc(C)c(NC(=O)CC(C)(C)C)c(C)c3)CCC2=C1. The first-order valence-corrected chi connectivity index (χ1v) is 10.00. The number of allylic oxidation sites excluding steroid dienone is 3. The first kappa shape index (κ1) is 20.2. The molecule has 1 aromatic rings. The number of carbonyl (C=O) groups is 1. The summed E-state index contributed by atoms with van der Waals surface area (Å²) >= 11 is 0. The van der Waals surface area contributed by atoms with Gasteiger partial charge in [0.15, 0.2) is 0 Å². The molecule has 1 heterocycles. The van der Waals surface area contributed by atoms with E-state index in [0.717, 1.165) is 42.0 Å². The van der Waals surface area contributed by atoms with Crippen LogP contribution < -0.4 is 10.2 Å². The highest BCUT2D eigenvalue weighted by molar-refractivity contribution is 5.93. The normalized spacial score (nSPS) is 16.6. The summed E-state index contributed by atoms with van der Waals surface area (Å²) in [5, 5.41) is 3.12. The Kier molecular flexibility index (Phi) is 5.69. The van der Waals surface area contributed by atoms with Crippen LogP contribution in [0.5, 0.6) is 0 Å². The Morgan fingerprint density at radius 1 is 1.18 bits per heavy atom. The first-order chi connectivity index (χ1) is 13.2. The summed E-state index contributed by atoms with van der Waals surface area (Å²) in [4.78, 5) is 14.7. The minimum atomic E-state index is -0.0197. The Bertz CT molecular complexity index is 846. The Morgan fingerprint density at radius 2 is 1.86 bits per heavy atom. The van der Waals surface area contributed by atoms with E-state index in [9.17, 15) is 4.79 Å². The number of anilines is 2. The molecular weight excluding hydrogens is 348 g/mol. The molecule has 1 aromatic carbocycles. The summed E-state index contributed by atoms with van der Waals surface area (Å²) < 4.78 is 5.37. The average Bonchev–Trinajstić information content (AvgIpc) is 2.62. The lowest BCUT2D eigenvalue weighted by atomic mass is 9.91. The minimum absolute atomic E-state index is 0.0197. The van der Waals surface area contributed by atoms with Gasteiger partial charge in [-0.3, -0.25) is 4.79 Å². The molecule has 1 aliphatic carbocycles. The predicted octanol–water partition coefficient (Wildman–Crippen LogP) is 5.63. The maximum Gasteiger partial charge on any atom is 0.224 e. The monoisotopic (exact) mass is 380 g/mol. The number of fused-ring (bicyclic) bond motifs is 1. The van der Waals surface area contributed by atoms with E-state index >= 15 is 0 Å².